The van der Waals surface area contributed by atoms with Gasteiger partial charge in [-0.3, -0.25) is 0 Å². The van der Waals surface area contributed by atoms with Crippen LogP contribution >= 0.6 is 0 Å². The Balaban J connectivity index is 1.44. The minimum absolute atomic E-state index is 0.507. The number of likely N-dealkylation sites (tertiary alicyclic amines) is 1. The first kappa shape index (κ1) is 19.9. The van der Waals surface area contributed by atoms with Crippen LogP contribution in [0.15, 0.2) is 66.0 Å². The molecule has 0 saturated carbocycles. The van der Waals surface area contributed by atoms with Crippen LogP contribution < -0.4 is 10.1 Å². The average molecular weight is 405 g/mol. The molecule has 0 amide bonds. The number of rotatable bonds is 6. The molecule has 2 aromatic heterocycles. The number of pyridine rings is 1. The molecule has 1 saturated heterocycles. The van der Waals surface area contributed by atoms with Gasteiger partial charge >= 0.3 is 0 Å². The van der Waals surface area contributed by atoms with Gasteiger partial charge in [0.1, 0.15) is 5.75 Å². The summed E-state index contributed by atoms with van der Waals surface area (Å²) in [6, 6.07) is 14.3. The lowest BCUT2D eigenvalue weighted by Crippen LogP contribution is -2.40. The third kappa shape index (κ3) is 4.62. The summed E-state index contributed by atoms with van der Waals surface area (Å²) >= 11 is 0. The Hall–Kier alpha value is -3.35. The maximum absolute atomic E-state index is 5.28. The Morgan fingerprint density at radius 1 is 1.23 bits per heavy atom. The zero-order valence-electron chi connectivity index (χ0n) is 17.5. The van der Waals surface area contributed by atoms with Crippen molar-refractivity contribution in [1.82, 2.24) is 25.0 Å². The molecule has 0 spiro atoms. The fourth-order valence-electron chi connectivity index (χ4n) is 3.78. The third-order valence-corrected chi connectivity index (χ3v) is 5.37. The van der Waals surface area contributed by atoms with Crippen LogP contribution in [-0.4, -0.2) is 52.4 Å². The molecule has 30 heavy (non-hydrogen) atoms. The highest BCUT2D eigenvalue weighted by Crippen LogP contribution is 2.28. The highest BCUT2D eigenvalue weighted by atomic mass is 16.5. The van der Waals surface area contributed by atoms with Crippen LogP contribution in [0.3, 0.4) is 0 Å². The van der Waals surface area contributed by atoms with Crippen molar-refractivity contribution in [3.8, 4) is 11.6 Å². The lowest BCUT2D eigenvalue weighted by atomic mass is 9.98. The van der Waals surface area contributed by atoms with Gasteiger partial charge in [0.05, 0.1) is 13.7 Å². The van der Waals surface area contributed by atoms with Gasteiger partial charge in [0, 0.05) is 44.1 Å². The first-order valence-electron chi connectivity index (χ1n) is 10.4. The van der Waals surface area contributed by atoms with E-state index in [1.807, 2.05) is 42.7 Å². The van der Waals surface area contributed by atoms with Gasteiger partial charge < -0.3 is 15.0 Å². The Morgan fingerprint density at radius 3 is 2.83 bits per heavy atom. The van der Waals surface area contributed by atoms with E-state index < -0.39 is 0 Å². The molecule has 7 nitrogen and oxygen atoms in total. The summed E-state index contributed by atoms with van der Waals surface area (Å²) in [6.07, 6.45) is 6.57. The Labute approximate surface area is 177 Å². The topological polar surface area (TPSA) is 67.6 Å². The van der Waals surface area contributed by atoms with E-state index in [9.17, 15) is 0 Å². The summed E-state index contributed by atoms with van der Waals surface area (Å²) in [5.74, 6) is 3.17. The summed E-state index contributed by atoms with van der Waals surface area (Å²) in [5, 5.41) is 7.70. The van der Waals surface area contributed by atoms with E-state index in [0.29, 0.717) is 12.5 Å². The number of ether oxygens (including phenoxy) is 1. The van der Waals surface area contributed by atoms with E-state index in [0.717, 1.165) is 49.1 Å². The zero-order chi connectivity index (χ0) is 20.8. The largest absolute Gasteiger partial charge is 0.497 e. The third-order valence-electron chi connectivity index (χ3n) is 5.37. The Bertz CT molecular complexity index is 968. The molecule has 3 aromatic rings. The van der Waals surface area contributed by atoms with Crippen LogP contribution in [-0.2, 0) is 6.54 Å². The number of methoxy groups -OCH3 is 1. The molecule has 156 valence electrons. The van der Waals surface area contributed by atoms with Gasteiger partial charge in [-0.2, -0.15) is 5.10 Å². The van der Waals surface area contributed by atoms with E-state index in [1.54, 1.807) is 18.0 Å². The van der Waals surface area contributed by atoms with E-state index >= 15 is 0 Å². The van der Waals surface area contributed by atoms with Crippen LogP contribution in [0.2, 0.25) is 0 Å². The molecule has 1 atom stereocenters. The molecule has 7 heteroatoms. The van der Waals surface area contributed by atoms with Crippen molar-refractivity contribution in [2.45, 2.75) is 25.8 Å². The number of aliphatic imine (C=N–C) groups is 1. The summed E-state index contributed by atoms with van der Waals surface area (Å²) in [5.41, 5.74) is 2.46. The summed E-state index contributed by atoms with van der Waals surface area (Å²) in [6.45, 7) is 5.51. The van der Waals surface area contributed by atoms with Gasteiger partial charge in [-0.25, -0.2) is 14.7 Å². The number of aromatic nitrogens is 3. The van der Waals surface area contributed by atoms with Crippen molar-refractivity contribution in [3.05, 3.63) is 72.2 Å². The number of nitrogens with zero attached hydrogens (tertiary/aromatic N) is 5. The van der Waals surface area contributed by atoms with Crippen molar-refractivity contribution >= 4 is 5.96 Å². The SMILES string of the molecule is CCNC(=NCc1ccnc(-n2cccn2)c1)N1CCC(c2ccc(OC)cc2)C1. The molecule has 1 aliphatic heterocycles. The van der Waals surface area contributed by atoms with Crippen LogP contribution in [0.5, 0.6) is 5.75 Å². The van der Waals surface area contributed by atoms with Gasteiger partial charge in [-0.15, -0.1) is 0 Å². The van der Waals surface area contributed by atoms with Gasteiger partial charge in [0.2, 0.25) is 0 Å². The second-order valence-corrected chi connectivity index (χ2v) is 7.35. The Kier molecular flexibility index (Phi) is 6.27. The molecule has 1 fully saturated rings. The summed E-state index contributed by atoms with van der Waals surface area (Å²) in [7, 11) is 1.70. The van der Waals surface area contributed by atoms with Crippen molar-refractivity contribution in [2.24, 2.45) is 4.99 Å². The number of hydrogen-bond acceptors (Lipinski definition) is 4. The van der Waals surface area contributed by atoms with Gasteiger partial charge in [-0.05, 0) is 54.8 Å². The van der Waals surface area contributed by atoms with Crippen molar-refractivity contribution in [2.75, 3.05) is 26.7 Å². The predicted molar refractivity (Wildman–Crippen MR) is 118 cm³/mol. The first-order valence-corrected chi connectivity index (χ1v) is 10.4. The quantitative estimate of drug-likeness (QED) is 0.505. The summed E-state index contributed by atoms with van der Waals surface area (Å²) < 4.78 is 7.04. The van der Waals surface area contributed by atoms with Gasteiger partial charge in [-0.1, -0.05) is 12.1 Å². The second kappa shape index (κ2) is 9.43. The van der Waals surface area contributed by atoms with Crippen molar-refractivity contribution in [3.63, 3.8) is 0 Å². The minimum atomic E-state index is 0.507. The van der Waals surface area contributed by atoms with E-state index in [4.69, 9.17) is 9.73 Å². The predicted octanol–water partition coefficient (Wildman–Crippen LogP) is 3.23. The molecular formula is C23H28N6O. The average Bonchev–Trinajstić information content (AvgIpc) is 3.50. The molecule has 0 bridgehead atoms. The highest BCUT2D eigenvalue weighted by Gasteiger charge is 2.26. The molecule has 1 unspecified atom stereocenters. The molecule has 0 aliphatic carbocycles. The molecule has 0 radical (unpaired) electrons. The monoisotopic (exact) mass is 404 g/mol. The lowest BCUT2D eigenvalue weighted by molar-refractivity contribution is 0.414. The summed E-state index contributed by atoms with van der Waals surface area (Å²) in [4.78, 5) is 11.6. The molecular weight excluding hydrogens is 376 g/mol. The maximum Gasteiger partial charge on any atom is 0.194 e. The van der Waals surface area contributed by atoms with Crippen molar-refractivity contribution in [1.29, 1.82) is 0 Å². The number of benzene rings is 1. The van der Waals surface area contributed by atoms with Gasteiger partial charge in [0.25, 0.3) is 0 Å². The van der Waals surface area contributed by atoms with E-state index in [-0.39, 0.29) is 0 Å². The van der Waals surface area contributed by atoms with Gasteiger partial charge in [0.15, 0.2) is 11.8 Å². The fourth-order valence-corrected chi connectivity index (χ4v) is 3.78. The molecule has 3 heterocycles. The van der Waals surface area contributed by atoms with Crippen LogP contribution in [0.4, 0.5) is 0 Å². The van der Waals surface area contributed by atoms with Crippen LogP contribution in [0, 0.1) is 0 Å². The zero-order valence-corrected chi connectivity index (χ0v) is 17.5. The number of hydrogen-bond donors (Lipinski definition) is 1. The van der Waals surface area contributed by atoms with Crippen LogP contribution in [0.1, 0.15) is 30.4 Å². The second-order valence-electron chi connectivity index (χ2n) is 7.35. The number of nitrogens with one attached hydrogen (secondary N) is 1. The smallest absolute Gasteiger partial charge is 0.194 e. The first-order chi connectivity index (χ1) is 14.8. The molecule has 1 N–H and O–H groups in total. The minimum Gasteiger partial charge on any atom is -0.497 e. The van der Waals surface area contributed by atoms with Crippen LogP contribution in [0.25, 0.3) is 5.82 Å². The molecule has 1 aromatic carbocycles. The normalized spacial score (nSPS) is 16.7. The lowest BCUT2D eigenvalue weighted by Gasteiger charge is -2.22. The molecule has 1 aliphatic rings. The van der Waals surface area contributed by atoms with Crippen molar-refractivity contribution < 1.29 is 4.74 Å². The highest BCUT2D eigenvalue weighted by molar-refractivity contribution is 5.80. The Morgan fingerprint density at radius 2 is 2.10 bits per heavy atom. The number of guanidine groups is 1. The maximum atomic E-state index is 5.28. The van der Waals surface area contributed by atoms with E-state index in [2.05, 4.69) is 39.4 Å². The van der Waals surface area contributed by atoms with E-state index in [1.165, 1.54) is 5.56 Å². The fraction of sp³-hybridized carbons (Fsp3) is 0.348. The standard InChI is InChI=1S/C23H28N6O/c1-3-24-23(26-16-18-9-12-25-22(15-18)29-13-4-11-27-29)28-14-10-20(17-28)19-5-7-21(30-2)8-6-19/h4-9,11-13,15,20H,3,10,14,16-17H2,1-2H3,(H,24,26). The molecule has 4 rings (SSSR count).